The van der Waals surface area contributed by atoms with Gasteiger partial charge in [-0.15, -0.1) is 0 Å². The molecule has 2 N–H and O–H groups in total. The predicted octanol–water partition coefficient (Wildman–Crippen LogP) is 5.32. The number of hydrogen-bond acceptors (Lipinski definition) is 15. The Kier molecular flexibility index (Phi) is 17.6. The van der Waals surface area contributed by atoms with E-state index in [4.69, 9.17) is 57.8 Å². The van der Waals surface area contributed by atoms with Crippen LogP contribution in [0, 0.1) is 0 Å². The number of rotatable bonds is 20. The van der Waals surface area contributed by atoms with Crippen LogP contribution >= 0.6 is 0 Å². The second-order valence-corrected chi connectivity index (χ2v) is 14.9. The Hall–Kier alpha value is -5.72. The molecule has 0 aliphatic carbocycles. The lowest BCUT2D eigenvalue weighted by molar-refractivity contribution is -0.376. The van der Waals surface area contributed by atoms with Crippen molar-refractivity contribution in [2.75, 3.05) is 13.2 Å². The van der Waals surface area contributed by atoms with Gasteiger partial charge in [-0.1, -0.05) is 121 Å². The Morgan fingerprint density at radius 2 is 0.905 bits per heavy atom. The zero-order valence-corrected chi connectivity index (χ0v) is 35.3. The molecule has 0 bridgehead atoms. The topological polar surface area (TPSA) is 196 Å². The number of ether oxygens (including phenoxy) is 11. The second-order valence-electron chi connectivity index (χ2n) is 14.9. The molecule has 4 aromatic rings. The van der Waals surface area contributed by atoms with Gasteiger partial charge >= 0.3 is 24.0 Å². The molecule has 0 radical (unpaired) electrons. The molecular formula is C47H53NO15. The average molecular weight is 872 g/mol. The van der Waals surface area contributed by atoms with E-state index < -0.39 is 92.0 Å². The van der Waals surface area contributed by atoms with Crippen molar-refractivity contribution in [2.45, 2.75) is 109 Å². The zero-order valence-electron chi connectivity index (χ0n) is 35.3. The quantitative estimate of drug-likeness (QED) is 0.0885. The minimum absolute atomic E-state index is 0.0382. The summed E-state index contributed by atoms with van der Waals surface area (Å²) < 4.78 is 68.5. The summed E-state index contributed by atoms with van der Waals surface area (Å²) in [6.07, 6.45) is -14.3. The molecule has 4 aromatic carbocycles. The van der Waals surface area contributed by atoms with Crippen LogP contribution in [0.1, 0.15) is 43.0 Å². The van der Waals surface area contributed by atoms with Crippen LogP contribution in [0.2, 0.25) is 0 Å². The number of esters is 3. The molecule has 10 atom stereocenters. The highest BCUT2D eigenvalue weighted by molar-refractivity contribution is 5.68. The van der Waals surface area contributed by atoms with Crippen molar-refractivity contribution in [3.05, 3.63) is 144 Å². The fraction of sp³-hybridized carbons (Fsp3) is 0.404. The van der Waals surface area contributed by atoms with Gasteiger partial charge in [0.25, 0.3) is 0 Å². The molecule has 0 saturated carbocycles. The summed E-state index contributed by atoms with van der Waals surface area (Å²) in [4.78, 5) is 49.7. The van der Waals surface area contributed by atoms with Gasteiger partial charge in [0.2, 0.25) is 0 Å². The molecule has 0 unspecified atom stereocenters. The fourth-order valence-electron chi connectivity index (χ4n) is 7.23. The lowest BCUT2D eigenvalue weighted by Crippen LogP contribution is -2.67. The van der Waals surface area contributed by atoms with Crippen molar-refractivity contribution in [3.8, 4) is 0 Å². The second kappa shape index (κ2) is 23.6. The van der Waals surface area contributed by atoms with Crippen LogP contribution in [0.15, 0.2) is 121 Å². The van der Waals surface area contributed by atoms with E-state index in [9.17, 15) is 19.2 Å². The van der Waals surface area contributed by atoms with Gasteiger partial charge in [-0.05, 0) is 22.3 Å². The molecule has 63 heavy (non-hydrogen) atoms. The van der Waals surface area contributed by atoms with Gasteiger partial charge < -0.3 is 57.8 Å². The first-order chi connectivity index (χ1) is 30.5. The fourth-order valence-corrected chi connectivity index (χ4v) is 7.23. The number of nitrogens with two attached hydrogens (primary N) is 1. The number of amides is 1. The number of primary amides is 1. The van der Waals surface area contributed by atoms with Gasteiger partial charge in [0.15, 0.2) is 30.9 Å². The van der Waals surface area contributed by atoms with Crippen molar-refractivity contribution in [1.29, 1.82) is 0 Å². The first-order valence-electron chi connectivity index (χ1n) is 20.5. The van der Waals surface area contributed by atoms with E-state index in [1.54, 1.807) is 0 Å². The van der Waals surface area contributed by atoms with Crippen molar-refractivity contribution in [2.24, 2.45) is 5.73 Å². The smallest absolute Gasteiger partial charge is 0.405 e. The molecule has 16 nitrogen and oxygen atoms in total. The molecular weight excluding hydrogens is 819 g/mol. The highest BCUT2D eigenvalue weighted by atomic mass is 16.8. The predicted molar refractivity (Wildman–Crippen MR) is 222 cm³/mol. The molecule has 2 fully saturated rings. The van der Waals surface area contributed by atoms with Crippen LogP contribution < -0.4 is 5.73 Å². The first kappa shape index (κ1) is 46.8. The van der Waals surface area contributed by atoms with Crippen molar-refractivity contribution in [1.82, 2.24) is 0 Å². The van der Waals surface area contributed by atoms with Crippen LogP contribution in [0.25, 0.3) is 0 Å². The van der Waals surface area contributed by atoms with Gasteiger partial charge in [-0.2, -0.15) is 0 Å². The van der Waals surface area contributed by atoms with E-state index in [2.05, 4.69) is 0 Å². The third-order valence-corrected chi connectivity index (χ3v) is 10.0. The summed E-state index contributed by atoms with van der Waals surface area (Å²) in [7, 11) is 0. The molecule has 0 spiro atoms. The van der Waals surface area contributed by atoms with Gasteiger partial charge in [0.05, 0.1) is 33.0 Å². The molecule has 6 rings (SSSR count). The Labute approximate surface area is 365 Å². The van der Waals surface area contributed by atoms with Crippen LogP contribution in [-0.2, 0) is 92.9 Å². The molecule has 2 aliphatic rings. The van der Waals surface area contributed by atoms with Gasteiger partial charge in [-0.3, -0.25) is 14.4 Å². The Morgan fingerprint density at radius 3 is 1.40 bits per heavy atom. The molecule has 2 aliphatic heterocycles. The maximum Gasteiger partial charge on any atom is 0.405 e. The van der Waals surface area contributed by atoms with Crippen molar-refractivity contribution < 1.29 is 71.3 Å². The Bertz CT molecular complexity index is 2030. The van der Waals surface area contributed by atoms with Crippen LogP contribution in [0.3, 0.4) is 0 Å². The SMILES string of the molecule is CC(=O)OC[C@H]1O[C@H](O[C@@H]2[C@@H](OCc3ccccc3)O[C@@H](COCc3ccccc3)[C@@H](OCc3ccccc3)[C@@H]2OCc2ccccc2)[C@@H](OC(C)=O)[C@@H](OC(N)=O)[C@@H]1OC(C)=O. The highest BCUT2D eigenvalue weighted by Gasteiger charge is 2.57. The summed E-state index contributed by atoms with van der Waals surface area (Å²) in [6.45, 7) is 3.50. The molecule has 2 heterocycles. The summed E-state index contributed by atoms with van der Waals surface area (Å²) in [6, 6.07) is 38.1. The Morgan fingerprint density at radius 1 is 0.460 bits per heavy atom. The molecule has 16 heteroatoms. The normalized spacial score (nSPS) is 25.6. The molecule has 2 saturated heterocycles. The standard InChI is InChI=1S/C47H53NO15/c1-30(49)54-29-38-40(58-31(2)50)42(63-47(48)52)44(59-32(3)51)46(61-38)62-43-41(56-26-35-20-12-6-13-21-35)39(55-25-34-18-10-5-11-19-34)37(28-53-24-33-16-8-4-9-17-33)60-45(43)57-27-36-22-14-7-15-23-36/h4-23,37-46H,24-29H2,1-3H3,(H2,48,52)/t37-,38+,39+,40+,41-,42-,43-,44-,45-,46+/m0/s1. The third-order valence-electron chi connectivity index (χ3n) is 10.0. The highest BCUT2D eigenvalue weighted by Crippen LogP contribution is 2.36. The van der Waals surface area contributed by atoms with Gasteiger partial charge in [-0.25, -0.2) is 4.79 Å². The van der Waals surface area contributed by atoms with E-state index in [-0.39, 0.29) is 33.0 Å². The summed E-state index contributed by atoms with van der Waals surface area (Å²) in [5.41, 5.74) is 8.99. The van der Waals surface area contributed by atoms with E-state index in [1.165, 1.54) is 6.92 Å². The lowest BCUT2D eigenvalue weighted by Gasteiger charge is -2.49. The monoisotopic (exact) mass is 871 g/mol. The van der Waals surface area contributed by atoms with Crippen molar-refractivity contribution >= 4 is 24.0 Å². The van der Waals surface area contributed by atoms with E-state index in [0.717, 1.165) is 36.1 Å². The molecule has 1 amide bonds. The zero-order chi connectivity index (χ0) is 44.6. The van der Waals surface area contributed by atoms with Crippen molar-refractivity contribution in [3.63, 3.8) is 0 Å². The lowest BCUT2D eigenvalue weighted by atomic mass is 9.96. The van der Waals surface area contributed by atoms with Gasteiger partial charge in [0, 0.05) is 20.8 Å². The molecule has 336 valence electrons. The maximum atomic E-state index is 12.8. The van der Waals surface area contributed by atoms with Gasteiger partial charge in [0.1, 0.15) is 37.1 Å². The summed E-state index contributed by atoms with van der Waals surface area (Å²) in [5.74, 6) is -2.32. The van der Waals surface area contributed by atoms with Crippen LogP contribution in [-0.4, -0.2) is 98.6 Å². The summed E-state index contributed by atoms with van der Waals surface area (Å²) >= 11 is 0. The van der Waals surface area contributed by atoms with Crippen LogP contribution in [0.4, 0.5) is 4.79 Å². The van der Waals surface area contributed by atoms with E-state index >= 15 is 0 Å². The minimum Gasteiger partial charge on any atom is -0.463 e. The number of benzene rings is 4. The number of carbonyl (C=O) groups excluding carboxylic acids is 4. The first-order valence-corrected chi connectivity index (χ1v) is 20.5. The van der Waals surface area contributed by atoms with E-state index in [1.807, 2.05) is 121 Å². The largest absolute Gasteiger partial charge is 0.463 e. The number of hydrogen-bond donors (Lipinski definition) is 1. The summed E-state index contributed by atoms with van der Waals surface area (Å²) in [5, 5.41) is 0. The number of carbonyl (C=O) groups is 4. The Balaban J connectivity index is 1.43. The van der Waals surface area contributed by atoms with Crippen LogP contribution in [0.5, 0.6) is 0 Å². The average Bonchev–Trinajstić information content (AvgIpc) is 3.27. The van der Waals surface area contributed by atoms with E-state index in [0.29, 0.717) is 0 Å². The maximum absolute atomic E-state index is 12.8. The third kappa shape index (κ3) is 14.1. The molecule has 0 aromatic heterocycles. The minimum atomic E-state index is -1.65.